The minimum Gasteiger partial charge on any atom is -0.310 e. The van der Waals surface area contributed by atoms with Gasteiger partial charge in [-0.05, 0) is 135 Å². The zero-order valence-corrected chi connectivity index (χ0v) is 34.6. The van der Waals surface area contributed by atoms with Crippen LogP contribution in [0.5, 0.6) is 0 Å². The van der Waals surface area contributed by atoms with Gasteiger partial charge in [0, 0.05) is 16.9 Å². The Hall–Kier alpha value is -8.26. The summed E-state index contributed by atoms with van der Waals surface area (Å²) in [4.78, 5) is 2.45. The Labute approximate surface area is 367 Å². The molecule has 0 aromatic heterocycles. The molecule has 12 rings (SSSR count). The van der Waals surface area contributed by atoms with E-state index in [1.165, 1.54) is 92.8 Å². The van der Waals surface area contributed by atoms with E-state index in [0.29, 0.717) is 0 Å². The smallest absolute Gasteiger partial charge is 0.0546 e. The lowest BCUT2D eigenvalue weighted by Crippen LogP contribution is -2.11. The monoisotopic (exact) mass is 799 g/mol. The summed E-state index contributed by atoms with van der Waals surface area (Å²) in [6, 6.07) is 91.2. The lowest BCUT2D eigenvalue weighted by Gasteiger charge is -2.29. The zero-order valence-electron chi connectivity index (χ0n) is 34.6. The highest BCUT2D eigenvalue weighted by molar-refractivity contribution is 6.15. The molecule has 1 heteroatoms. The summed E-state index contributed by atoms with van der Waals surface area (Å²) in [5.41, 5.74) is 12.8. The van der Waals surface area contributed by atoms with E-state index < -0.39 is 0 Å². The Balaban J connectivity index is 1.07. The van der Waals surface area contributed by atoms with E-state index in [4.69, 9.17) is 0 Å². The summed E-state index contributed by atoms with van der Waals surface area (Å²) in [6.07, 6.45) is 0. The van der Waals surface area contributed by atoms with Gasteiger partial charge in [-0.1, -0.05) is 206 Å². The van der Waals surface area contributed by atoms with E-state index in [0.717, 1.165) is 22.6 Å². The van der Waals surface area contributed by atoms with E-state index in [9.17, 15) is 0 Å². The first-order chi connectivity index (χ1) is 31.2. The predicted octanol–water partition coefficient (Wildman–Crippen LogP) is 17.6. The third kappa shape index (κ3) is 6.42. The Morgan fingerprint density at radius 1 is 0.206 bits per heavy atom. The minimum absolute atomic E-state index is 1.08. The number of nitrogens with zero attached hydrogens (tertiary/aromatic N) is 1. The average molecular weight is 800 g/mol. The molecule has 0 unspecified atom stereocenters. The van der Waals surface area contributed by atoms with Gasteiger partial charge in [-0.3, -0.25) is 0 Å². The molecular formula is C62H41N. The van der Waals surface area contributed by atoms with Crippen molar-refractivity contribution >= 4 is 70.9 Å². The van der Waals surface area contributed by atoms with E-state index in [-0.39, 0.29) is 0 Å². The van der Waals surface area contributed by atoms with Crippen LogP contribution in [0.4, 0.5) is 17.1 Å². The maximum Gasteiger partial charge on any atom is 0.0546 e. The normalized spacial score (nSPS) is 11.5. The second-order valence-electron chi connectivity index (χ2n) is 16.4. The summed E-state index contributed by atoms with van der Waals surface area (Å²) in [5, 5.41) is 12.5. The molecule has 0 aliphatic rings. The third-order valence-electron chi connectivity index (χ3n) is 12.8. The highest BCUT2D eigenvalue weighted by Gasteiger charge is 2.21. The van der Waals surface area contributed by atoms with Gasteiger partial charge >= 0.3 is 0 Å². The SMILES string of the molecule is c1ccc(-c2ccc(-c3cc4ccccc4c4ccccc34)cc2N(c2ccc(-c3cccc4ccccc34)cc2)c2ccc(-c3cc4ccccc4c4ccccc34)cc2)cc1. The summed E-state index contributed by atoms with van der Waals surface area (Å²) < 4.78 is 0. The van der Waals surface area contributed by atoms with Gasteiger partial charge in [0.05, 0.1) is 5.69 Å². The fourth-order valence-electron chi connectivity index (χ4n) is 9.82. The third-order valence-corrected chi connectivity index (χ3v) is 12.8. The van der Waals surface area contributed by atoms with Gasteiger partial charge in [-0.2, -0.15) is 0 Å². The predicted molar refractivity (Wildman–Crippen MR) is 270 cm³/mol. The first kappa shape index (κ1) is 36.6. The summed E-state index contributed by atoms with van der Waals surface area (Å²) in [7, 11) is 0. The minimum atomic E-state index is 1.08. The van der Waals surface area contributed by atoms with Crippen molar-refractivity contribution in [2.24, 2.45) is 0 Å². The van der Waals surface area contributed by atoms with Gasteiger partial charge in [0.2, 0.25) is 0 Å². The lowest BCUT2D eigenvalue weighted by molar-refractivity contribution is 1.28. The second-order valence-corrected chi connectivity index (χ2v) is 16.4. The van der Waals surface area contributed by atoms with Crippen molar-refractivity contribution in [3.63, 3.8) is 0 Å². The van der Waals surface area contributed by atoms with Crippen LogP contribution in [0.15, 0.2) is 249 Å². The number of benzene rings is 12. The van der Waals surface area contributed by atoms with Crippen LogP contribution in [0, 0.1) is 0 Å². The van der Waals surface area contributed by atoms with Crippen molar-refractivity contribution in [1.29, 1.82) is 0 Å². The highest BCUT2D eigenvalue weighted by atomic mass is 15.1. The molecule has 294 valence electrons. The molecular weight excluding hydrogens is 759 g/mol. The highest BCUT2D eigenvalue weighted by Crippen LogP contribution is 2.46. The Kier molecular flexibility index (Phi) is 8.90. The Morgan fingerprint density at radius 3 is 1.21 bits per heavy atom. The van der Waals surface area contributed by atoms with Crippen LogP contribution >= 0.6 is 0 Å². The molecule has 0 bridgehead atoms. The first-order valence-electron chi connectivity index (χ1n) is 21.7. The molecule has 0 aliphatic heterocycles. The van der Waals surface area contributed by atoms with Gasteiger partial charge in [-0.15, -0.1) is 0 Å². The first-order valence-corrected chi connectivity index (χ1v) is 21.7. The molecule has 12 aromatic rings. The van der Waals surface area contributed by atoms with Gasteiger partial charge in [0.1, 0.15) is 0 Å². The van der Waals surface area contributed by atoms with E-state index >= 15 is 0 Å². The van der Waals surface area contributed by atoms with Crippen LogP contribution in [0.2, 0.25) is 0 Å². The van der Waals surface area contributed by atoms with E-state index in [1.54, 1.807) is 0 Å². The van der Waals surface area contributed by atoms with E-state index in [2.05, 4.69) is 254 Å². The summed E-state index contributed by atoms with van der Waals surface area (Å²) in [6.45, 7) is 0. The van der Waals surface area contributed by atoms with Crippen LogP contribution in [0.3, 0.4) is 0 Å². The van der Waals surface area contributed by atoms with Crippen LogP contribution in [0.25, 0.3) is 98.4 Å². The van der Waals surface area contributed by atoms with Crippen LogP contribution in [-0.2, 0) is 0 Å². The lowest BCUT2D eigenvalue weighted by atomic mass is 9.91. The number of hydrogen-bond acceptors (Lipinski definition) is 1. The number of hydrogen-bond donors (Lipinski definition) is 0. The molecule has 0 saturated carbocycles. The summed E-state index contributed by atoms with van der Waals surface area (Å²) >= 11 is 0. The summed E-state index contributed by atoms with van der Waals surface area (Å²) in [5.74, 6) is 0. The van der Waals surface area contributed by atoms with Gasteiger partial charge < -0.3 is 4.90 Å². The van der Waals surface area contributed by atoms with Crippen LogP contribution in [0.1, 0.15) is 0 Å². The number of anilines is 3. The molecule has 0 fully saturated rings. The largest absolute Gasteiger partial charge is 0.310 e. The average Bonchev–Trinajstić information content (AvgIpc) is 3.36. The van der Waals surface area contributed by atoms with Crippen LogP contribution in [-0.4, -0.2) is 0 Å². The molecule has 0 spiro atoms. The van der Waals surface area contributed by atoms with Crippen LogP contribution < -0.4 is 4.90 Å². The molecule has 1 nitrogen and oxygen atoms in total. The van der Waals surface area contributed by atoms with Gasteiger partial charge in [0.15, 0.2) is 0 Å². The van der Waals surface area contributed by atoms with Crippen molar-refractivity contribution in [2.75, 3.05) is 4.90 Å². The van der Waals surface area contributed by atoms with E-state index in [1.807, 2.05) is 0 Å². The quantitative estimate of drug-likeness (QED) is 0.145. The maximum absolute atomic E-state index is 2.45. The van der Waals surface area contributed by atoms with Crippen molar-refractivity contribution in [2.45, 2.75) is 0 Å². The topological polar surface area (TPSA) is 3.24 Å². The molecule has 0 heterocycles. The Morgan fingerprint density at radius 2 is 0.619 bits per heavy atom. The Bertz CT molecular complexity index is 3650. The zero-order chi connectivity index (χ0) is 41.7. The van der Waals surface area contributed by atoms with Gasteiger partial charge in [0.25, 0.3) is 0 Å². The maximum atomic E-state index is 2.45. The molecule has 0 atom stereocenters. The molecule has 0 amide bonds. The van der Waals surface area contributed by atoms with Crippen molar-refractivity contribution < 1.29 is 0 Å². The number of fused-ring (bicyclic) bond motifs is 7. The van der Waals surface area contributed by atoms with Crippen molar-refractivity contribution in [3.8, 4) is 44.5 Å². The van der Waals surface area contributed by atoms with Crippen molar-refractivity contribution in [3.05, 3.63) is 249 Å². The fraction of sp³-hybridized carbons (Fsp3) is 0. The molecule has 0 N–H and O–H groups in total. The fourth-order valence-corrected chi connectivity index (χ4v) is 9.82. The number of rotatable bonds is 7. The standard InChI is InChI=1S/C62H41N/c1-2-15-43(16-3-1)55-38-33-48(61-40-47-19-6-9-23-54(47)57-25-11-13-27-59(57)61)41-62(55)63(49-34-29-44(30-35-49)52-28-14-20-42-17-4-7-21-51(42)52)50-36-31-45(32-37-50)60-39-46-18-5-8-22-53(46)56-24-10-12-26-58(56)60/h1-41H. The molecule has 12 aromatic carbocycles. The molecule has 0 aliphatic carbocycles. The second kappa shape index (κ2) is 15.3. The molecule has 0 radical (unpaired) electrons. The van der Waals surface area contributed by atoms with Crippen molar-refractivity contribution in [1.82, 2.24) is 0 Å². The molecule has 0 saturated heterocycles. The van der Waals surface area contributed by atoms with Gasteiger partial charge in [-0.25, -0.2) is 0 Å². The molecule has 63 heavy (non-hydrogen) atoms.